The summed E-state index contributed by atoms with van der Waals surface area (Å²) >= 11 is 0. The van der Waals surface area contributed by atoms with E-state index in [1.165, 1.54) is 6.07 Å². The van der Waals surface area contributed by atoms with Crippen LogP contribution in [0.15, 0.2) is 30.3 Å². The number of hydrogen-bond acceptors (Lipinski definition) is 2. The molecule has 0 bridgehead atoms. The minimum atomic E-state index is -4.32. The highest BCUT2D eigenvalue weighted by atomic mass is 19.4. The Bertz CT molecular complexity index is 601. The second kappa shape index (κ2) is 4.40. The Balaban J connectivity index is 2.04. The minimum Gasteiger partial charge on any atom is -0.357 e. The van der Waals surface area contributed by atoms with Gasteiger partial charge in [0.15, 0.2) is 0 Å². The molecule has 0 N–H and O–H groups in total. The Hall–Kier alpha value is -1.78. The van der Waals surface area contributed by atoms with Crippen LogP contribution in [0.25, 0.3) is 10.9 Å². The monoisotopic (exact) mass is 266 g/mol. The van der Waals surface area contributed by atoms with Crippen LogP contribution in [0.3, 0.4) is 0 Å². The fourth-order valence-electron chi connectivity index (χ4n) is 2.41. The second-order valence-corrected chi connectivity index (χ2v) is 4.77. The number of benzene rings is 1. The van der Waals surface area contributed by atoms with E-state index in [1.807, 2.05) is 12.1 Å². The first-order chi connectivity index (χ1) is 9.04. The number of fused-ring (bicyclic) bond motifs is 1. The van der Waals surface area contributed by atoms with Gasteiger partial charge in [-0.05, 0) is 37.1 Å². The first-order valence-electron chi connectivity index (χ1n) is 6.27. The largest absolute Gasteiger partial charge is 0.416 e. The van der Waals surface area contributed by atoms with E-state index in [0.717, 1.165) is 49.3 Å². The quantitative estimate of drug-likeness (QED) is 0.779. The summed E-state index contributed by atoms with van der Waals surface area (Å²) in [6.45, 7) is 1.86. The highest BCUT2D eigenvalue weighted by molar-refractivity contribution is 5.81. The topological polar surface area (TPSA) is 16.1 Å². The highest BCUT2D eigenvalue weighted by Crippen LogP contribution is 2.31. The molecule has 1 aromatic heterocycles. The molecule has 2 aromatic rings. The zero-order chi connectivity index (χ0) is 13.5. The van der Waals surface area contributed by atoms with Crippen molar-refractivity contribution in [2.75, 3.05) is 18.0 Å². The second-order valence-electron chi connectivity index (χ2n) is 4.77. The molecule has 1 aliphatic heterocycles. The molecule has 0 aliphatic carbocycles. The number of halogens is 3. The minimum absolute atomic E-state index is 0.402. The maximum atomic E-state index is 12.7. The molecule has 19 heavy (non-hydrogen) atoms. The third kappa shape index (κ3) is 2.37. The van der Waals surface area contributed by atoms with E-state index >= 15 is 0 Å². The normalized spacial score (nSPS) is 16.3. The Morgan fingerprint density at radius 2 is 1.68 bits per heavy atom. The lowest BCUT2D eigenvalue weighted by atomic mass is 10.1. The number of pyridine rings is 1. The van der Waals surface area contributed by atoms with Crippen LogP contribution >= 0.6 is 0 Å². The van der Waals surface area contributed by atoms with Crippen LogP contribution in [0.1, 0.15) is 18.4 Å². The van der Waals surface area contributed by atoms with E-state index in [4.69, 9.17) is 0 Å². The fourth-order valence-corrected chi connectivity index (χ4v) is 2.41. The van der Waals surface area contributed by atoms with Gasteiger partial charge in [-0.15, -0.1) is 0 Å². The molecule has 0 unspecified atom stereocenters. The van der Waals surface area contributed by atoms with Crippen molar-refractivity contribution in [2.45, 2.75) is 19.0 Å². The molecule has 0 atom stereocenters. The summed E-state index contributed by atoms with van der Waals surface area (Å²) in [4.78, 5) is 6.47. The molecular weight excluding hydrogens is 253 g/mol. The molecule has 0 amide bonds. The van der Waals surface area contributed by atoms with Gasteiger partial charge < -0.3 is 4.90 Å². The number of alkyl halides is 3. The van der Waals surface area contributed by atoms with E-state index in [0.29, 0.717) is 5.52 Å². The van der Waals surface area contributed by atoms with Gasteiger partial charge in [0.05, 0.1) is 11.1 Å². The number of anilines is 1. The molecule has 1 saturated heterocycles. The molecule has 0 spiro atoms. The van der Waals surface area contributed by atoms with E-state index in [1.54, 1.807) is 0 Å². The van der Waals surface area contributed by atoms with Crippen LogP contribution in [-0.4, -0.2) is 18.1 Å². The van der Waals surface area contributed by atoms with E-state index in [9.17, 15) is 13.2 Å². The van der Waals surface area contributed by atoms with Crippen LogP contribution in [0, 0.1) is 0 Å². The van der Waals surface area contributed by atoms with Gasteiger partial charge in [0.25, 0.3) is 0 Å². The molecule has 100 valence electrons. The van der Waals surface area contributed by atoms with Crippen molar-refractivity contribution in [3.8, 4) is 0 Å². The third-order valence-corrected chi connectivity index (χ3v) is 3.43. The lowest BCUT2D eigenvalue weighted by molar-refractivity contribution is -0.137. The summed E-state index contributed by atoms with van der Waals surface area (Å²) in [5.41, 5.74) is -0.245. The molecule has 5 heteroatoms. The summed E-state index contributed by atoms with van der Waals surface area (Å²) in [6, 6.07) is 7.39. The smallest absolute Gasteiger partial charge is 0.357 e. The predicted molar refractivity (Wildman–Crippen MR) is 68.2 cm³/mol. The van der Waals surface area contributed by atoms with Crippen molar-refractivity contribution >= 4 is 16.7 Å². The van der Waals surface area contributed by atoms with Gasteiger partial charge in [0.1, 0.15) is 5.82 Å². The Labute approximate surface area is 108 Å². The first-order valence-corrected chi connectivity index (χ1v) is 6.27. The summed E-state index contributed by atoms with van der Waals surface area (Å²) in [7, 11) is 0. The Morgan fingerprint density at radius 3 is 2.37 bits per heavy atom. The van der Waals surface area contributed by atoms with Crippen molar-refractivity contribution in [1.82, 2.24) is 4.98 Å². The molecule has 3 rings (SSSR count). The van der Waals surface area contributed by atoms with E-state index in [-0.39, 0.29) is 0 Å². The fraction of sp³-hybridized carbons (Fsp3) is 0.357. The average molecular weight is 266 g/mol. The summed E-state index contributed by atoms with van der Waals surface area (Å²) in [6.07, 6.45) is -2.09. The van der Waals surface area contributed by atoms with E-state index < -0.39 is 11.7 Å². The van der Waals surface area contributed by atoms with Crippen LogP contribution in [0.5, 0.6) is 0 Å². The SMILES string of the molecule is FC(F)(F)c1ccc2ccc(N3CCCC3)nc2c1. The van der Waals surface area contributed by atoms with Crippen LogP contribution in [0.2, 0.25) is 0 Å². The predicted octanol–water partition coefficient (Wildman–Crippen LogP) is 3.85. The van der Waals surface area contributed by atoms with Gasteiger partial charge in [-0.1, -0.05) is 6.07 Å². The van der Waals surface area contributed by atoms with Crippen molar-refractivity contribution in [2.24, 2.45) is 0 Å². The lowest BCUT2D eigenvalue weighted by Crippen LogP contribution is -2.18. The maximum absolute atomic E-state index is 12.7. The summed E-state index contributed by atoms with van der Waals surface area (Å²) in [5.74, 6) is 0.768. The highest BCUT2D eigenvalue weighted by Gasteiger charge is 2.30. The molecule has 2 nitrogen and oxygen atoms in total. The number of rotatable bonds is 1. The number of hydrogen-bond donors (Lipinski definition) is 0. The van der Waals surface area contributed by atoms with Crippen LogP contribution < -0.4 is 4.90 Å². The van der Waals surface area contributed by atoms with Crippen LogP contribution in [0.4, 0.5) is 19.0 Å². The maximum Gasteiger partial charge on any atom is 0.416 e. The van der Waals surface area contributed by atoms with Crippen molar-refractivity contribution in [3.63, 3.8) is 0 Å². The molecule has 2 heterocycles. The molecule has 0 radical (unpaired) electrons. The molecule has 1 fully saturated rings. The summed E-state index contributed by atoms with van der Waals surface area (Å²) < 4.78 is 38.0. The molecule has 1 aromatic carbocycles. The van der Waals surface area contributed by atoms with Gasteiger partial charge in [-0.25, -0.2) is 4.98 Å². The Kier molecular flexibility index (Phi) is 2.84. The molecule has 0 saturated carbocycles. The van der Waals surface area contributed by atoms with Crippen LogP contribution in [-0.2, 0) is 6.18 Å². The zero-order valence-corrected chi connectivity index (χ0v) is 10.2. The lowest BCUT2D eigenvalue weighted by Gasteiger charge is -2.17. The van der Waals surface area contributed by atoms with Crippen molar-refractivity contribution < 1.29 is 13.2 Å². The van der Waals surface area contributed by atoms with E-state index in [2.05, 4.69) is 9.88 Å². The van der Waals surface area contributed by atoms with Gasteiger partial charge in [0, 0.05) is 18.5 Å². The van der Waals surface area contributed by atoms with Crippen molar-refractivity contribution in [3.05, 3.63) is 35.9 Å². The third-order valence-electron chi connectivity index (χ3n) is 3.43. The standard InChI is InChI=1S/C14H13F3N2/c15-14(16,17)11-5-3-10-4-6-13(18-12(10)9-11)19-7-1-2-8-19/h3-6,9H,1-2,7-8H2. The Morgan fingerprint density at radius 1 is 1.00 bits per heavy atom. The van der Waals surface area contributed by atoms with Gasteiger partial charge in [-0.2, -0.15) is 13.2 Å². The molecular formula is C14H13F3N2. The van der Waals surface area contributed by atoms with Crippen molar-refractivity contribution in [1.29, 1.82) is 0 Å². The summed E-state index contributed by atoms with van der Waals surface area (Å²) in [5, 5.41) is 0.732. The number of aromatic nitrogens is 1. The van der Waals surface area contributed by atoms with Gasteiger partial charge >= 0.3 is 6.18 Å². The zero-order valence-electron chi connectivity index (χ0n) is 10.2. The molecule has 1 aliphatic rings. The first kappa shape index (κ1) is 12.3. The van der Waals surface area contributed by atoms with Gasteiger partial charge in [-0.3, -0.25) is 0 Å². The average Bonchev–Trinajstić information content (AvgIpc) is 2.90. The number of nitrogens with zero attached hydrogens (tertiary/aromatic N) is 2. The van der Waals surface area contributed by atoms with Gasteiger partial charge in [0.2, 0.25) is 0 Å².